The smallest absolute Gasteiger partial charge is 0.0731 e. The SMILES string of the molecule is Cc1ccccc1-c1cc(N(c2ccccc2)c2cccc(C)c2N(c2ccccc2)c2ccccc2)ccc1C. The fraction of sp³-hybridized carbons (Fsp3) is 0.0769. The van der Waals surface area contributed by atoms with Gasteiger partial charge in [0, 0.05) is 22.7 Å². The van der Waals surface area contributed by atoms with Gasteiger partial charge < -0.3 is 9.80 Å². The summed E-state index contributed by atoms with van der Waals surface area (Å²) in [7, 11) is 0. The standard InChI is InChI=1S/C39H34N2/c1-29-16-13-14-24-36(29)37-28-35(27-26-30(37)2)40(32-18-7-4-8-19-32)38-25-15-17-31(3)39(38)41(33-20-9-5-10-21-33)34-22-11-6-12-23-34/h4-28H,1-3H3. The summed E-state index contributed by atoms with van der Waals surface area (Å²) in [6.07, 6.45) is 0. The van der Waals surface area contributed by atoms with E-state index in [2.05, 4.69) is 182 Å². The fourth-order valence-corrected chi connectivity index (χ4v) is 5.59. The van der Waals surface area contributed by atoms with Crippen molar-refractivity contribution in [1.29, 1.82) is 0 Å². The minimum atomic E-state index is 1.11. The molecule has 6 rings (SSSR count). The number of rotatable bonds is 7. The Morgan fingerprint density at radius 3 is 1.41 bits per heavy atom. The molecule has 0 radical (unpaired) electrons. The van der Waals surface area contributed by atoms with E-state index in [9.17, 15) is 0 Å². The van der Waals surface area contributed by atoms with Crippen LogP contribution in [0.5, 0.6) is 0 Å². The zero-order valence-electron chi connectivity index (χ0n) is 23.8. The third-order valence-corrected chi connectivity index (χ3v) is 7.64. The molecular weight excluding hydrogens is 496 g/mol. The van der Waals surface area contributed by atoms with Gasteiger partial charge >= 0.3 is 0 Å². The van der Waals surface area contributed by atoms with Gasteiger partial charge in [0.25, 0.3) is 0 Å². The number of benzene rings is 6. The largest absolute Gasteiger partial charge is 0.308 e. The predicted molar refractivity (Wildman–Crippen MR) is 175 cm³/mol. The number of hydrogen-bond donors (Lipinski definition) is 0. The van der Waals surface area contributed by atoms with E-state index < -0.39 is 0 Å². The van der Waals surface area contributed by atoms with Crippen molar-refractivity contribution >= 4 is 34.1 Å². The van der Waals surface area contributed by atoms with Gasteiger partial charge in [0.1, 0.15) is 0 Å². The highest BCUT2D eigenvalue weighted by Gasteiger charge is 2.24. The molecule has 0 heterocycles. The second kappa shape index (κ2) is 11.6. The molecule has 0 unspecified atom stereocenters. The van der Waals surface area contributed by atoms with Crippen LogP contribution in [0.15, 0.2) is 152 Å². The molecular formula is C39H34N2. The number of para-hydroxylation sites is 4. The molecule has 0 N–H and O–H groups in total. The Morgan fingerprint density at radius 1 is 0.341 bits per heavy atom. The van der Waals surface area contributed by atoms with Crippen molar-refractivity contribution in [1.82, 2.24) is 0 Å². The van der Waals surface area contributed by atoms with Crippen molar-refractivity contribution in [3.05, 3.63) is 168 Å². The average molecular weight is 531 g/mol. The van der Waals surface area contributed by atoms with E-state index in [1.807, 2.05) is 0 Å². The predicted octanol–water partition coefficient (Wildman–Crippen LogP) is 11.2. The van der Waals surface area contributed by atoms with Crippen LogP contribution >= 0.6 is 0 Å². The van der Waals surface area contributed by atoms with Crippen molar-refractivity contribution in [3.63, 3.8) is 0 Å². The molecule has 2 heteroatoms. The first kappa shape index (κ1) is 26.2. The summed E-state index contributed by atoms with van der Waals surface area (Å²) in [6, 6.07) is 54.0. The van der Waals surface area contributed by atoms with Crippen LogP contribution in [-0.4, -0.2) is 0 Å². The molecule has 0 aliphatic heterocycles. The quantitative estimate of drug-likeness (QED) is 0.202. The normalized spacial score (nSPS) is 10.8. The summed E-state index contributed by atoms with van der Waals surface area (Å²) < 4.78 is 0. The number of hydrogen-bond acceptors (Lipinski definition) is 2. The topological polar surface area (TPSA) is 6.48 Å². The second-order valence-corrected chi connectivity index (χ2v) is 10.4. The highest BCUT2D eigenvalue weighted by Crippen LogP contribution is 2.47. The third kappa shape index (κ3) is 5.25. The molecule has 0 amide bonds. The zero-order chi connectivity index (χ0) is 28.2. The van der Waals surface area contributed by atoms with E-state index in [0.717, 1.165) is 34.1 Å². The van der Waals surface area contributed by atoms with Crippen LogP contribution in [-0.2, 0) is 0 Å². The fourth-order valence-electron chi connectivity index (χ4n) is 5.59. The van der Waals surface area contributed by atoms with Crippen LogP contribution in [0.1, 0.15) is 16.7 Å². The summed E-state index contributed by atoms with van der Waals surface area (Å²) in [5, 5.41) is 0. The third-order valence-electron chi connectivity index (χ3n) is 7.64. The first-order chi connectivity index (χ1) is 20.1. The molecule has 6 aromatic rings. The van der Waals surface area contributed by atoms with Gasteiger partial charge in [-0.15, -0.1) is 0 Å². The minimum absolute atomic E-state index is 1.11. The van der Waals surface area contributed by atoms with Crippen LogP contribution in [0.3, 0.4) is 0 Å². The van der Waals surface area contributed by atoms with E-state index in [1.165, 1.54) is 27.8 Å². The lowest BCUT2D eigenvalue weighted by Crippen LogP contribution is -2.18. The highest BCUT2D eigenvalue weighted by molar-refractivity contribution is 5.93. The molecule has 200 valence electrons. The summed E-state index contributed by atoms with van der Waals surface area (Å²) in [5.74, 6) is 0. The van der Waals surface area contributed by atoms with Gasteiger partial charge in [0.05, 0.1) is 11.4 Å². The van der Waals surface area contributed by atoms with Gasteiger partial charge in [-0.3, -0.25) is 0 Å². The Bertz CT molecular complexity index is 1720. The maximum atomic E-state index is 2.39. The van der Waals surface area contributed by atoms with Crippen LogP contribution < -0.4 is 9.80 Å². The van der Waals surface area contributed by atoms with Gasteiger partial charge in [0.15, 0.2) is 0 Å². The van der Waals surface area contributed by atoms with Gasteiger partial charge in [0.2, 0.25) is 0 Å². The molecule has 0 saturated carbocycles. The van der Waals surface area contributed by atoms with Crippen LogP contribution in [0.4, 0.5) is 34.1 Å². The first-order valence-electron chi connectivity index (χ1n) is 14.1. The van der Waals surface area contributed by atoms with Gasteiger partial charge in [-0.1, -0.05) is 97.1 Å². The van der Waals surface area contributed by atoms with Crippen molar-refractivity contribution in [2.24, 2.45) is 0 Å². The summed E-state index contributed by atoms with van der Waals surface area (Å²) in [6.45, 7) is 6.59. The van der Waals surface area contributed by atoms with E-state index in [0.29, 0.717) is 0 Å². The van der Waals surface area contributed by atoms with E-state index in [4.69, 9.17) is 0 Å². The van der Waals surface area contributed by atoms with Crippen molar-refractivity contribution in [2.45, 2.75) is 20.8 Å². The molecule has 41 heavy (non-hydrogen) atoms. The lowest BCUT2D eigenvalue weighted by molar-refractivity contribution is 1.20. The maximum Gasteiger partial charge on any atom is 0.0731 e. The number of anilines is 6. The van der Waals surface area contributed by atoms with Crippen molar-refractivity contribution in [3.8, 4) is 11.1 Å². The molecule has 0 aliphatic rings. The van der Waals surface area contributed by atoms with E-state index in [1.54, 1.807) is 0 Å². The Hall–Kier alpha value is -5.08. The van der Waals surface area contributed by atoms with Gasteiger partial charge in [-0.25, -0.2) is 0 Å². The first-order valence-corrected chi connectivity index (χ1v) is 14.1. The highest BCUT2D eigenvalue weighted by atomic mass is 15.2. The molecule has 0 bridgehead atoms. The van der Waals surface area contributed by atoms with Crippen LogP contribution in [0.2, 0.25) is 0 Å². The molecule has 0 saturated heterocycles. The van der Waals surface area contributed by atoms with Crippen molar-refractivity contribution < 1.29 is 0 Å². The molecule has 0 atom stereocenters. The molecule has 6 aromatic carbocycles. The molecule has 0 aliphatic carbocycles. The average Bonchev–Trinajstić information content (AvgIpc) is 3.01. The molecule has 2 nitrogen and oxygen atoms in total. The zero-order valence-corrected chi connectivity index (χ0v) is 23.8. The van der Waals surface area contributed by atoms with Gasteiger partial charge in [-0.05, 0) is 103 Å². The Morgan fingerprint density at radius 2 is 0.829 bits per heavy atom. The number of aryl methyl sites for hydroxylation is 3. The van der Waals surface area contributed by atoms with Gasteiger partial charge in [-0.2, -0.15) is 0 Å². The summed E-state index contributed by atoms with van der Waals surface area (Å²) >= 11 is 0. The second-order valence-electron chi connectivity index (χ2n) is 10.4. The maximum absolute atomic E-state index is 2.39. The lowest BCUT2D eigenvalue weighted by Gasteiger charge is -2.34. The Labute approximate surface area is 243 Å². The van der Waals surface area contributed by atoms with Crippen molar-refractivity contribution in [2.75, 3.05) is 9.80 Å². The summed E-state index contributed by atoms with van der Waals surface area (Å²) in [4.78, 5) is 4.76. The molecule has 0 aromatic heterocycles. The monoisotopic (exact) mass is 530 g/mol. The molecule has 0 fully saturated rings. The minimum Gasteiger partial charge on any atom is -0.308 e. The molecule has 0 spiro atoms. The Balaban J connectivity index is 1.62. The van der Waals surface area contributed by atoms with E-state index in [-0.39, 0.29) is 0 Å². The van der Waals surface area contributed by atoms with E-state index >= 15 is 0 Å². The van der Waals surface area contributed by atoms with Crippen LogP contribution in [0, 0.1) is 20.8 Å². The number of nitrogens with zero attached hydrogens (tertiary/aromatic N) is 2. The Kier molecular flexibility index (Phi) is 7.38. The lowest BCUT2D eigenvalue weighted by atomic mass is 9.95. The summed E-state index contributed by atoms with van der Waals surface area (Å²) in [5.41, 5.74) is 13.0. The van der Waals surface area contributed by atoms with Crippen LogP contribution in [0.25, 0.3) is 11.1 Å².